The highest BCUT2D eigenvalue weighted by Gasteiger charge is 2.33. The average Bonchev–Trinajstić information content (AvgIpc) is 2.75. The molecule has 0 saturated carbocycles. The maximum absolute atomic E-state index is 12.8. The molecule has 12 nitrogen and oxygen atoms in total. The highest BCUT2D eigenvalue weighted by molar-refractivity contribution is 7.98. The fourth-order valence-electron chi connectivity index (χ4n) is 2.80. The summed E-state index contributed by atoms with van der Waals surface area (Å²) in [4.78, 5) is 60.3. The van der Waals surface area contributed by atoms with Crippen molar-refractivity contribution >= 4 is 41.4 Å². The van der Waals surface area contributed by atoms with Crippen molar-refractivity contribution in [2.75, 3.05) is 12.0 Å². The predicted octanol–water partition coefficient (Wildman–Crippen LogP) is -1.70. The third-order valence-corrected chi connectivity index (χ3v) is 5.77. The van der Waals surface area contributed by atoms with Gasteiger partial charge >= 0.3 is 5.97 Å². The molecule has 6 unspecified atom stereocenters. The Labute approximate surface area is 198 Å². The van der Waals surface area contributed by atoms with Gasteiger partial charge < -0.3 is 37.6 Å². The summed E-state index contributed by atoms with van der Waals surface area (Å²) in [6, 6.07) is -4.77. The minimum Gasteiger partial charge on any atom is -0.480 e. The van der Waals surface area contributed by atoms with Crippen LogP contribution >= 0.6 is 11.8 Å². The van der Waals surface area contributed by atoms with Crippen molar-refractivity contribution < 1.29 is 34.2 Å². The predicted molar refractivity (Wildman–Crippen MR) is 124 cm³/mol. The maximum Gasteiger partial charge on any atom is 0.326 e. The number of thioether (sulfide) groups is 1. The van der Waals surface area contributed by atoms with E-state index in [1.807, 2.05) is 6.26 Å². The lowest BCUT2D eigenvalue weighted by atomic mass is 9.98. The van der Waals surface area contributed by atoms with E-state index >= 15 is 0 Å². The van der Waals surface area contributed by atoms with Gasteiger partial charge in [0.1, 0.15) is 18.1 Å². The van der Waals surface area contributed by atoms with Gasteiger partial charge in [-0.2, -0.15) is 11.8 Å². The minimum atomic E-state index is -1.44. The summed E-state index contributed by atoms with van der Waals surface area (Å²) in [7, 11) is 0. The Balaban J connectivity index is 5.39. The number of carboxylic acids is 1. The largest absolute Gasteiger partial charge is 0.480 e. The summed E-state index contributed by atoms with van der Waals surface area (Å²) in [5, 5.41) is 26.7. The summed E-state index contributed by atoms with van der Waals surface area (Å²) in [6.07, 6.45) is 1.07. The van der Waals surface area contributed by atoms with Gasteiger partial charge in [-0.25, -0.2) is 4.79 Å². The third-order valence-electron chi connectivity index (χ3n) is 5.12. The van der Waals surface area contributed by atoms with Crippen molar-refractivity contribution in [1.29, 1.82) is 0 Å². The fraction of sp³-hybridized carbons (Fsp3) is 0.750. The number of nitrogens with one attached hydrogen (secondary N) is 3. The standard InChI is InChI=1S/C20H37N5O7S/c1-5-10(2)15(20(31)32)24-19(30)16(11(3)26)25-18(29)13(8-9-33-4)23-17(28)12(21)6-7-14(22)27/h10-13,15-16,26H,5-9,21H2,1-4H3,(H2,22,27)(H,23,28)(H,24,30)(H,25,29)(H,31,32). The second-order valence-corrected chi connectivity index (χ2v) is 8.88. The van der Waals surface area contributed by atoms with E-state index in [1.54, 1.807) is 13.8 Å². The number of rotatable bonds is 16. The number of aliphatic hydroxyl groups is 1. The minimum absolute atomic E-state index is 0.00291. The van der Waals surface area contributed by atoms with Gasteiger partial charge in [-0.15, -0.1) is 0 Å². The van der Waals surface area contributed by atoms with Crippen LogP contribution in [0.3, 0.4) is 0 Å². The van der Waals surface area contributed by atoms with Crippen molar-refractivity contribution in [3.05, 3.63) is 0 Å². The third kappa shape index (κ3) is 11.3. The van der Waals surface area contributed by atoms with Gasteiger partial charge in [0.2, 0.25) is 23.6 Å². The normalized spacial score (nSPS) is 16.4. The molecule has 33 heavy (non-hydrogen) atoms. The highest BCUT2D eigenvalue weighted by Crippen LogP contribution is 2.09. The lowest BCUT2D eigenvalue weighted by Gasteiger charge is -2.27. The van der Waals surface area contributed by atoms with Crippen LogP contribution in [0, 0.1) is 5.92 Å². The molecular weight excluding hydrogens is 454 g/mol. The van der Waals surface area contributed by atoms with Crippen molar-refractivity contribution in [2.45, 2.75) is 76.7 Å². The van der Waals surface area contributed by atoms with Gasteiger partial charge in [0.25, 0.3) is 0 Å². The quantitative estimate of drug-likeness (QED) is 0.131. The molecule has 0 aromatic heterocycles. The molecule has 0 aromatic rings. The van der Waals surface area contributed by atoms with Crippen LogP contribution in [0.5, 0.6) is 0 Å². The summed E-state index contributed by atoms with van der Waals surface area (Å²) < 4.78 is 0. The molecule has 0 spiro atoms. The number of hydrogen-bond donors (Lipinski definition) is 7. The fourth-order valence-corrected chi connectivity index (χ4v) is 3.27. The average molecular weight is 492 g/mol. The first-order valence-corrected chi connectivity index (χ1v) is 12.1. The lowest BCUT2D eigenvalue weighted by Crippen LogP contribution is -2.60. The Morgan fingerprint density at radius 2 is 1.52 bits per heavy atom. The van der Waals surface area contributed by atoms with E-state index in [1.165, 1.54) is 18.7 Å². The zero-order chi connectivity index (χ0) is 25.7. The molecule has 0 saturated heterocycles. The molecule has 6 atom stereocenters. The van der Waals surface area contributed by atoms with Gasteiger partial charge in [-0.3, -0.25) is 19.2 Å². The van der Waals surface area contributed by atoms with Crippen LogP contribution in [0.15, 0.2) is 0 Å². The Kier molecular flexibility index (Phi) is 14.3. The first-order chi connectivity index (χ1) is 15.3. The molecule has 0 bridgehead atoms. The van der Waals surface area contributed by atoms with E-state index in [0.717, 1.165) is 0 Å². The van der Waals surface area contributed by atoms with Crippen molar-refractivity contribution in [3.63, 3.8) is 0 Å². The van der Waals surface area contributed by atoms with E-state index in [2.05, 4.69) is 16.0 Å². The van der Waals surface area contributed by atoms with E-state index in [-0.39, 0.29) is 25.2 Å². The van der Waals surface area contributed by atoms with Crippen molar-refractivity contribution in [2.24, 2.45) is 17.4 Å². The van der Waals surface area contributed by atoms with Crippen molar-refractivity contribution in [3.8, 4) is 0 Å². The molecule has 0 aromatic carbocycles. The summed E-state index contributed by atoms with van der Waals surface area (Å²) in [5.74, 6) is -4.00. The number of carbonyl (C=O) groups excluding carboxylic acids is 4. The Bertz CT molecular complexity index is 692. The van der Waals surface area contributed by atoms with Gasteiger partial charge in [0.05, 0.1) is 12.1 Å². The zero-order valence-electron chi connectivity index (χ0n) is 19.5. The van der Waals surface area contributed by atoms with Crippen LogP contribution in [0.1, 0.15) is 46.5 Å². The topological polar surface area (TPSA) is 214 Å². The highest BCUT2D eigenvalue weighted by atomic mass is 32.2. The Morgan fingerprint density at radius 3 is 1.97 bits per heavy atom. The molecular formula is C20H37N5O7S. The number of aliphatic carboxylic acids is 1. The summed E-state index contributed by atoms with van der Waals surface area (Å²) in [6.45, 7) is 4.71. The van der Waals surface area contributed by atoms with E-state index in [9.17, 15) is 34.2 Å². The van der Waals surface area contributed by atoms with Crippen LogP contribution in [0.4, 0.5) is 0 Å². The van der Waals surface area contributed by atoms with Gasteiger partial charge in [-0.05, 0) is 37.7 Å². The number of carbonyl (C=O) groups is 5. The van der Waals surface area contributed by atoms with E-state index in [4.69, 9.17) is 11.5 Å². The van der Waals surface area contributed by atoms with Crippen LogP contribution in [0.25, 0.3) is 0 Å². The van der Waals surface area contributed by atoms with Crippen LogP contribution in [-0.2, 0) is 24.0 Å². The second kappa shape index (κ2) is 15.5. The molecule has 9 N–H and O–H groups in total. The molecule has 0 aliphatic heterocycles. The molecule has 0 fully saturated rings. The Hall–Kier alpha value is -2.38. The second-order valence-electron chi connectivity index (χ2n) is 7.89. The molecule has 0 rings (SSSR count). The molecule has 0 radical (unpaired) electrons. The first kappa shape index (κ1) is 30.6. The molecule has 0 heterocycles. The van der Waals surface area contributed by atoms with Gasteiger partial charge in [-0.1, -0.05) is 20.3 Å². The number of carboxylic acid groups (broad SMARTS) is 1. The molecule has 0 aliphatic rings. The smallest absolute Gasteiger partial charge is 0.326 e. The van der Waals surface area contributed by atoms with Gasteiger partial charge in [0.15, 0.2) is 0 Å². The van der Waals surface area contributed by atoms with Crippen LogP contribution in [-0.4, -0.2) is 82.1 Å². The monoisotopic (exact) mass is 491 g/mol. The Morgan fingerprint density at radius 1 is 0.939 bits per heavy atom. The number of primary amides is 1. The number of hydrogen-bond acceptors (Lipinski definition) is 8. The van der Waals surface area contributed by atoms with Crippen molar-refractivity contribution in [1.82, 2.24) is 16.0 Å². The lowest BCUT2D eigenvalue weighted by molar-refractivity contribution is -0.144. The SMILES string of the molecule is CCC(C)C(NC(=O)C(NC(=O)C(CCSC)NC(=O)C(N)CCC(N)=O)C(C)O)C(=O)O. The number of nitrogens with two attached hydrogens (primary N) is 2. The summed E-state index contributed by atoms with van der Waals surface area (Å²) in [5.41, 5.74) is 10.8. The molecule has 0 aliphatic carbocycles. The van der Waals surface area contributed by atoms with Crippen LogP contribution in [0.2, 0.25) is 0 Å². The van der Waals surface area contributed by atoms with Crippen LogP contribution < -0.4 is 27.4 Å². The zero-order valence-corrected chi connectivity index (χ0v) is 20.3. The first-order valence-electron chi connectivity index (χ1n) is 10.7. The maximum atomic E-state index is 12.8. The summed E-state index contributed by atoms with van der Waals surface area (Å²) >= 11 is 1.43. The molecule has 190 valence electrons. The number of aliphatic hydroxyl groups excluding tert-OH is 1. The molecule has 13 heteroatoms. The molecule has 4 amide bonds. The van der Waals surface area contributed by atoms with E-state index in [0.29, 0.717) is 12.2 Å². The number of amides is 4. The van der Waals surface area contributed by atoms with E-state index < -0.39 is 59.9 Å². The van der Waals surface area contributed by atoms with Gasteiger partial charge in [0, 0.05) is 6.42 Å².